The van der Waals surface area contributed by atoms with Crippen LogP contribution in [0.3, 0.4) is 0 Å². The molecule has 0 aliphatic rings. The molecule has 2 nitrogen and oxygen atoms in total. The van der Waals surface area contributed by atoms with Gasteiger partial charge in [-0.1, -0.05) is 52.4 Å². The van der Waals surface area contributed by atoms with Gasteiger partial charge in [-0.25, -0.2) is 0 Å². The predicted molar refractivity (Wildman–Crippen MR) is 64.1 cm³/mol. The molecule has 0 aromatic rings. The lowest BCUT2D eigenvalue weighted by Gasteiger charge is -2.14. The minimum Gasteiger partial charge on any atom is -0.355 e. The van der Waals surface area contributed by atoms with Gasteiger partial charge in [0.05, 0.1) is 0 Å². The molecule has 0 saturated heterocycles. The van der Waals surface area contributed by atoms with Crippen LogP contribution in [0.1, 0.15) is 26.7 Å². The zero-order valence-electron chi connectivity index (χ0n) is 7.49. The summed E-state index contributed by atoms with van der Waals surface area (Å²) in [6, 6.07) is 0. The van der Waals surface area contributed by atoms with Crippen molar-refractivity contribution in [3.63, 3.8) is 0 Å². The molecule has 0 bridgehead atoms. The zero-order valence-corrected chi connectivity index (χ0v) is 11.2. The van der Waals surface area contributed by atoms with E-state index in [0.29, 0.717) is 6.42 Å². The van der Waals surface area contributed by atoms with Crippen LogP contribution in [0.25, 0.3) is 0 Å². The first-order chi connectivity index (χ1) is 5.45. The fourth-order valence-corrected chi connectivity index (χ4v) is 1.15. The Morgan fingerprint density at radius 1 is 1.58 bits per heavy atom. The average Bonchev–Trinajstić information content (AvgIpc) is 1.95. The molecule has 0 aliphatic carbocycles. The second-order valence-corrected chi connectivity index (χ2v) is 6.48. The molecule has 0 heterocycles. The van der Waals surface area contributed by atoms with E-state index in [4.69, 9.17) is 0 Å². The van der Waals surface area contributed by atoms with Gasteiger partial charge in [0, 0.05) is 21.7 Å². The number of hydrogen-bond acceptors (Lipinski definition) is 1. The van der Waals surface area contributed by atoms with Gasteiger partial charge < -0.3 is 5.32 Å². The fourth-order valence-electron chi connectivity index (χ4n) is 0.686. The summed E-state index contributed by atoms with van der Waals surface area (Å²) in [7, 11) is 0. The largest absolute Gasteiger partial charge is 0.355 e. The molecule has 0 aliphatic heterocycles. The van der Waals surface area contributed by atoms with Crippen LogP contribution in [0.4, 0.5) is 0 Å². The summed E-state index contributed by atoms with van der Waals surface area (Å²) in [6.07, 6.45) is 1.48. The van der Waals surface area contributed by atoms with E-state index in [9.17, 15) is 4.79 Å². The van der Waals surface area contributed by atoms with Crippen LogP contribution in [-0.2, 0) is 4.79 Å². The van der Waals surface area contributed by atoms with Gasteiger partial charge in [0.25, 0.3) is 0 Å². The van der Waals surface area contributed by atoms with Gasteiger partial charge in [0.15, 0.2) is 0 Å². The molecule has 0 unspecified atom stereocenters. The first-order valence-corrected chi connectivity index (χ1v) is 6.29. The minimum absolute atomic E-state index is 0.0780. The van der Waals surface area contributed by atoms with E-state index in [1.165, 1.54) is 0 Å². The maximum Gasteiger partial charge on any atom is 0.220 e. The summed E-state index contributed by atoms with van der Waals surface area (Å²) in [6.45, 7) is 4.92. The van der Waals surface area contributed by atoms with Crippen LogP contribution in [0.2, 0.25) is 0 Å². The summed E-state index contributed by atoms with van der Waals surface area (Å²) < 4.78 is 1.05. The molecule has 0 fully saturated rings. The summed E-state index contributed by atoms with van der Waals surface area (Å²) in [5, 5.41) is 2.84. The van der Waals surface area contributed by atoms with Crippen molar-refractivity contribution in [2.45, 2.75) is 31.0 Å². The molecule has 1 amide bonds. The number of hydrogen-bond donors (Lipinski definition) is 1. The van der Waals surface area contributed by atoms with Crippen molar-refractivity contribution in [2.75, 3.05) is 11.0 Å². The molecule has 12 heavy (non-hydrogen) atoms. The molecule has 0 rings (SSSR count). The highest BCUT2D eigenvalue weighted by Gasteiger charge is 2.14. The Labute approximate surface area is 96.1 Å². The molecule has 1 N–H and O–H groups in total. The van der Waals surface area contributed by atoms with Crippen molar-refractivity contribution < 1.29 is 4.79 Å². The standard InChI is InChI=1S/C8H15BrINO/c1-8(2,9)4-3-7(12)11-6-5-10/h3-6H2,1-2H3,(H,11,12). The number of nitrogens with one attached hydrogen (secondary N) is 1. The molecule has 0 radical (unpaired) electrons. The third-order valence-electron chi connectivity index (χ3n) is 1.36. The number of rotatable bonds is 5. The van der Waals surface area contributed by atoms with Gasteiger partial charge in [0.1, 0.15) is 0 Å². The molecule has 0 spiro atoms. The smallest absolute Gasteiger partial charge is 0.220 e. The average molecular weight is 348 g/mol. The number of carbonyl (C=O) groups is 1. The van der Waals surface area contributed by atoms with E-state index >= 15 is 0 Å². The first kappa shape index (κ1) is 12.7. The van der Waals surface area contributed by atoms with Gasteiger partial charge in [-0.15, -0.1) is 0 Å². The van der Waals surface area contributed by atoms with Crippen molar-refractivity contribution in [1.29, 1.82) is 0 Å². The van der Waals surface area contributed by atoms with E-state index < -0.39 is 0 Å². The number of carbonyl (C=O) groups excluding carboxylic acids is 1. The van der Waals surface area contributed by atoms with Gasteiger partial charge in [-0.3, -0.25) is 4.79 Å². The topological polar surface area (TPSA) is 29.1 Å². The Morgan fingerprint density at radius 3 is 2.58 bits per heavy atom. The van der Waals surface area contributed by atoms with Crippen LogP contribution in [0, 0.1) is 0 Å². The minimum atomic E-state index is 0.0780. The van der Waals surface area contributed by atoms with E-state index in [-0.39, 0.29) is 10.2 Å². The molecule has 0 aromatic carbocycles. The molecule has 4 heteroatoms. The van der Waals surface area contributed by atoms with Crippen LogP contribution >= 0.6 is 38.5 Å². The van der Waals surface area contributed by atoms with E-state index in [1.54, 1.807) is 0 Å². The summed E-state index contributed by atoms with van der Waals surface area (Å²) in [4.78, 5) is 11.1. The lowest BCUT2D eigenvalue weighted by Crippen LogP contribution is -2.26. The monoisotopic (exact) mass is 347 g/mol. The normalized spacial score (nSPS) is 11.3. The molecule has 0 aromatic heterocycles. The van der Waals surface area contributed by atoms with Crippen molar-refractivity contribution in [3.05, 3.63) is 0 Å². The van der Waals surface area contributed by atoms with Crippen LogP contribution in [0.5, 0.6) is 0 Å². The zero-order chi connectivity index (χ0) is 9.61. The van der Waals surface area contributed by atoms with Crippen LogP contribution in [0.15, 0.2) is 0 Å². The maximum atomic E-state index is 11.1. The van der Waals surface area contributed by atoms with Crippen molar-refractivity contribution in [2.24, 2.45) is 0 Å². The molecule has 72 valence electrons. The highest BCUT2D eigenvalue weighted by molar-refractivity contribution is 14.1. The molecule has 0 saturated carbocycles. The lowest BCUT2D eigenvalue weighted by molar-refractivity contribution is -0.121. The summed E-state index contributed by atoms with van der Waals surface area (Å²) in [5.74, 6) is 0.152. The number of halogens is 2. The second-order valence-electron chi connectivity index (χ2n) is 3.26. The van der Waals surface area contributed by atoms with Gasteiger partial charge in [-0.05, 0) is 6.42 Å². The number of amides is 1. The maximum absolute atomic E-state index is 11.1. The molecular weight excluding hydrogens is 333 g/mol. The Bertz CT molecular complexity index is 144. The summed E-state index contributed by atoms with van der Waals surface area (Å²) in [5.41, 5.74) is 0. The quantitative estimate of drug-likeness (QED) is 0.601. The van der Waals surface area contributed by atoms with Gasteiger partial charge in [-0.2, -0.15) is 0 Å². The van der Waals surface area contributed by atoms with Gasteiger partial charge in [0.2, 0.25) is 5.91 Å². The lowest BCUT2D eigenvalue weighted by atomic mass is 10.1. The van der Waals surface area contributed by atoms with E-state index in [0.717, 1.165) is 17.4 Å². The highest BCUT2D eigenvalue weighted by Crippen LogP contribution is 2.21. The Balaban J connectivity index is 3.44. The third-order valence-corrected chi connectivity index (χ3v) is 2.30. The van der Waals surface area contributed by atoms with E-state index in [2.05, 4.69) is 57.7 Å². The van der Waals surface area contributed by atoms with Crippen molar-refractivity contribution in [3.8, 4) is 0 Å². The predicted octanol–water partition coefficient (Wildman–Crippen LogP) is 2.49. The molecule has 0 atom stereocenters. The highest BCUT2D eigenvalue weighted by atomic mass is 127. The first-order valence-electron chi connectivity index (χ1n) is 3.97. The van der Waals surface area contributed by atoms with Crippen LogP contribution in [-0.4, -0.2) is 21.2 Å². The second kappa shape index (κ2) is 6.18. The van der Waals surface area contributed by atoms with E-state index in [1.807, 2.05) is 0 Å². The fraction of sp³-hybridized carbons (Fsp3) is 0.875. The summed E-state index contributed by atoms with van der Waals surface area (Å²) >= 11 is 5.74. The number of alkyl halides is 2. The van der Waals surface area contributed by atoms with Gasteiger partial charge >= 0.3 is 0 Å². The third kappa shape index (κ3) is 8.77. The van der Waals surface area contributed by atoms with Crippen molar-refractivity contribution in [1.82, 2.24) is 5.32 Å². The SMILES string of the molecule is CC(C)(Br)CCC(=O)NCCI. The van der Waals surface area contributed by atoms with Crippen molar-refractivity contribution >= 4 is 44.4 Å². The Kier molecular flexibility index (Phi) is 6.53. The Morgan fingerprint density at radius 2 is 2.17 bits per heavy atom. The Hall–Kier alpha value is 0.680. The molecular formula is C8H15BrINO. The van der Waals surface area contributed by atoms with Crippen LogP contribution < -0.4 is 5.32 Å².